The highest BCUT2D eigenvalue weighted by molar-refractivity contribution is 6.12. The van der Waals surface area contributed by atoms with E-state index in [0.717, 1.165) is 17.1 Å². The van der Waals surface area contributed by atoms with Gasteiger partial charge < -0.3 is 14.8 Å². The van der Waals surface area contributed by atoms with Crippen molar-refractivity contribution in [3.05, 3.63) is 48.5 Å². The Balaban J connectivity index is 1.96. The number of rotatable bonds is 2. The Morgan fingerprint density at radius 1 is 1.21 bits per heavy atom. The van der Waals surface area contributed by atoms with Crippen LogP contribution in [0.5, 0.6) is 0 Å². The second-order valence-electron chi connectivity index (χ2n) is 5.49. The number of imidazole rings is 1. The lowest BCUT2D eigenvalue weighted by atomic mass is 10.2. The average Bonchev–Trinajstić information content (AvgIpc) is 3.13. The maximum Gasteiger partial charge on any atom is 0.261 e. The van der Waals surface area contributed by atoms with Crippen molar-refractivity contribution in [2.24, 2.45) is 0 Å². The van der Waals surface area contributed by atoms with Gasteiger partial charge in [-0.15, -0.1) is 0 Å². The van der Waals surface area contributed by atoms with Crippen LogP contribution in [0.15, 0.2) is 43.0 Å². The van der Waals surface area contributed by atoms with E-state index in [-0.39, 0.29) is 5.91 Å². The molecule has 120 valence electrons. The number of hydrogen-bond donors (Lipinski definition) is 1. The minimum Gasteiger partial charge on any atom is -0.343 e. The Bertz CT molecular complexity index is 905. The lowest BCUT2D eigenvalue weighted by Gasteiger charge is -2.23. The number of carbonyl (C=O) groups excluding carboxylic acids is 1. The van der Waals surface area contributed by atoms with Gasteiger partial charge in [0.25, 0.3) is 5.91 Å². The Morgan fingerprint density at radius 2 is 2.08 bits per heavy atom. The van der Waals surface area contributed by atoms with Gasteiger partial charge >= 0.3 is 0 Å². The maximum absolute atomic E-state index is 12.8. The molecule has 0 radical (unpaired) electrons. The van der Waals surface area contributed by atoms with E-state index in [1.165, 1.54) is 0 Å². The van der Waals surface area contributed by atoms with Crippen LogP contribution in [-0.4, -0.2) is 39.4 Å². The number of nitrogens with zero attached hydrogens (tertiary/aromatic N) is 5. The number of aromatic amines is 1. The molecular weight excluding hydrogens is 304 g/mol. The maximum atomic E-state index is 12.8. The Kier molecular flexibility index (Phi) is 3.26. The fourth-order valence-corrected chi connectivity index (χ4v) is 2.92. The third-order valence-corrected chi connectivity index (χ3v) is 4.14. The predicted molar refractivity (Wildman–Crippen MR) is 91.5 cm³/mol. The fourth-order valence-electron chi connectivity index (χ4n) is 2.92. The number of hydrogen-bond acceptors (Lipinski definition) is 5. The molecule has 1 aliphatic rings. The van der Waals surface area contributed by atoms with Crippen molar-refractivity contribution in [2.75, 3.05) is 23.4 Å². The topological polar surface area (TPSA) is 78.0 Å². The molecule has 1 amide bonds. The zero-order chi connectivity index (χ0) is 16.7. The van der Waals surface area contributed by atoms with Crippen molar-refractivity contribution in [1.82, 2.24) is 19.9 Å². The van der Waals surface area contributed by atoms with E-state index < -0.39 is 0 Å². The van der Waals surface area contributed by atoms with Gasteiger partial charge in [0.05, 0.1) is 35.2 Å². The molecule has 7 heteroatoms. The number of H-pyrrole nitrogens is 1. The number of pyridine rings is 2. The Hall–Kier alpha value is -3.22. The molecular formula is C17H16N6O. The lowest BCUT2D eigenvalue weighted by Crippen LogP contribution is -2.25. The molecule has 4 rings (SSSR count). The number of fused-ring (bicyclic) bond motifs is 2. The van der Waals surface area contributed by atoms with Gasteiger partial charge in [-0.05, 0) is 31.2 Å². The second-order valence-corrected chi connectivity index (χ2v) is 5.49. The molecule has 0 saturated carbocycles. The van der Waals surface area contributed by atoms with Crippen molar-refractivity contribution in [3.63, 3.8) is 0 Å². The number of anilines is 3. The third kappa shape index (κ3) is 2.05. The molecule has 0 fully saturated rings. The highest BCUT2D eigenvalue weighted by Gasteiger charge is 2.30. The zero-order valence-corrected chi connectivity index (χ0v) is 13.4. The van der Waals surface area contributed by atoms with Crippen molar-refractivity contribution < 1.29 is 4.79 Å². The van der Waals surface area contributed by atoms with E-state index in [1.54, 1.807) is 42.8 Å². The standard InChI is InChI=1S/C17H16N6O/c1-3-23-15-11(5-4-8-19-15)17(24)22(2)14-7-6-12(21-16(14)23)13-9-18-10-20-13/h4-10H,3H2,1-2H3,(H,18,20). The van der Waals surface area contributed by atoms with Crippen LogP contribution >= 0.6 is 0 Å². The molecule has 7 nitrogen and oxygen atoms in total. The minimum absolute atomic E-state index is 0.0913. The number of amides is 1. The first kappa shape index (κ1) is 14.4. The molecule has 0 aromatic carbocycles. The lowest BCUT2D eigenvalue weighted by molar-refractivity contribution is 0.0994. The summed E-state index contributed by atoms with van der Waals surface area (Å²) >= 11 is 0. The van der Waals surface area contributed by atoms with E-state index in [1.807, 2.05) is 24.0 Å². The summed E-state index contributed by atoms with van der Waals surface area (Å²) in [5, 5.41) is 0. The van der Waals surface area contributed by atoms with Crippen LogP contribution in [0.2, 0.25) is 0 Å². The van der Waals surface area contributed by atoms with Crippen LogP contribution in [0.25, 0.3) is 11.4 Å². The summed E-state index contributed by atoms with van der Waals surface area (Å²) in [5.41, 5.74) is 2.92. The average molecular weight is 320 g/mol. The summed E-state index contributed by atoms with van der Waals surface area (Å²) in [5.74, 6) is 1.24. The van der Waals surface area contributed by atoms with Crippen LogP contribution in [0.1, 0.15) is 17.3 Å². The van der Waals surface area contributed by atoms with E-state index in [9.17, 15) is 4.79 Å². The van der Waals surface area contributed by atoms with Gasteiger partial charge in [-0.25, -0.2) is 15.0 Å². The van der Waals surface area contributed by atoms with Gasteiger partial charge in [0.1, 0.15) is 5.82 Å². The van der Waals surface area contributed by atoms with Crippen LogP contribution in [0, 0.1) is 0 Å². The summed E-state index contributed by atoms with van der Waals surface area (Å²) in [6.45, 7) is 2.67. The van der Waals surface area contributed by atoms with Gasteiger partial charge in [0, 0.05) is 19.8 Å². The van der Waals surface area contributed by atoms with E-state index in [0.29, 0.717) is 23.7 Å². The molecule has 0 unspecified atom stereocenters. The van der Waals surface area contributed by atoms with Crippen LogP contribution in [0.4, 0.5) is 17.3 Å². The first-order valence-electron chi connectivity index (χ1n) is 7.71. The second kappa shape index (κ2) is 5.45. The van der Waals surface area contributed by atoms with Crippen LogP contribution in [-0.2, 0) is 0 Å². The molecule has 1 N–H and O–H groups in total. The van der Waals surface area contributed by atoms with Crippen LogP contribution in [0.3, 0.4) is 0 Å². The number of nitrogens with one attached hydrogen (secondary N) is 1. The van der Waals surface area contributed by atoms with Gasteiger partial charge in [-0.2, -0.15) is 0 Å². The number of aromatic nitrogens is 4. The summed E-state index contributed by atoms with van der Waals surface area (Å²) in [7, 11) is 1.76. The summed E-state index contributed by atoms with van der Waals surface area (Å²) in [6.07, 6.45) is 5.04. The largest absolute Gasteiger partial charge is 0.343 e. The Labute approximate surface area is 139 Å². The quantitative estimate of drug-likeness (QED) is 0.785. The van der Waals surface area contributed by atoms with Gasteiger partial charge in [-0.3, -0.25) is 4.79 Å². The van der Waals surface area contributed by atoms with Gasteiger partial charge in [0.15, 0.2) is 5.82 Å². The first-order valence-corrected chi connectivity index (χ1v) is 7.71. The first-order chi connectivity index (χ1) is 11.7. The molecule has 3 aromatic heterocycles. The molecule has 0 aliphatic carbocycles. The summed E-state index contributed by atoms with van der Waals surface area (Å²) in [6, 6.07) is 7.36. The normalized spacial score (nSPS) is 13.5. The van der Waals surface area contributed by atoms with Crippen molar-refractivity contribution in [1.29, 1.82) is 0 Å². The Morgan fingerprint density at radius 3 is 2.83 bits per heavy atom. The van der Waals surface area contributed by atoms with Crippen LogP contribution < -0.4 is 9.80 Å². The van der Waals surface area contributed by atoms with E-state index in [2.05, 4.69) is 15.0 Å². The van der Waals surface area contributed by atoms with Crippen molar-refractivity contribution in [2.45, 2.75) is 6.92 Å². The van der Waals surface area contributed by atoms with Crippen molar-refractivity contribution >= 4 is 23.2 Å². The zero-order valence-electron chi connectivity index (χ0n) is 13.4. The van der Waals surface area contributed by atoms with E-state index >= 15 is 0 Å². The SMILES string of the molecule is CCN1c2ncccc2C(=O)N(C)c2ccc(-c3cnc[nH]3)nc21. The monoisotopic (exact) mass is 320 g/mol. The van der Waals surface area contributed by atoms with E-state index in [4.69, 9.17) is 4.98 Å². The molecule has 4 heterocycles. The highest BCUT2D eigenvalue weighted by atomic mass is 16.2. The fraction of sp³-hybridized carbons (Fsp3) is 0.176. The molecule has 0 spiro atoms. The molecule has 24 heavy (non-hydrogen) atoms. The third-order valence-electron chi connectivity index (χ3n) is 4.14. The molecule has 0 atom stereocenters. The molecule has 1 aliphatic heterocycles. The highest BCUT2D eigenvalue weighted by Crippen LogP contribution is 2.38. The molecule has 0 saturated heterocycles. The van der Waals surface area contributed by atoms with Crippen molar-refractivity contribution in [3.8, 4) is 11.4 Å². The molecule has 0 bridgehead atoms. The summed E-state index contributed by atoms with van der Waals surface area (Å²) in [4.78, 5) is 32.7. The minimum atomic E-state index is -0.0913. The predicted octanol–water partition coefficient (Wildman–Crippen LogP) is 2.61. The number of carbonyl (C=O) groups is 1. The smallest absolute Gasteiger partial charge is 0.261 e. The van der Waals surface area contributed by atoms with Gasteiger partial charge in [-0.1, -0.05) is 0 Å². The van der Waals surface area contributed by atoms with Gasteiger partial charge in [0.2, 0.25) is 0 Å². The molecule has 3 aromatic rings. The summed E-state index contributed by atoms with van der Waals surface area (Å²) < 4.78 is 0.